The third-order valence-corrected chi connectivity index (χ3v) is 4.43. The molecule has 3 rings (SSSR count). The summed E-state index contributed by atoms with van der Waals surface area (Å²) in [6, 6.07) is 8.89. The summed E-state index contributed by atoms with van der Waals surface area (Å²) in [5.41, 5.74) is 2.77. The summed E-state index contributed by atoms with van der Waals surface area (Å²) in [6.07, 6.45) is 4.97. The minimum absolute atomic E-state index is 0.187. The molecule has 1 heterocycles. The van der Waals surface area contributed by atoms with Crippen molar-refractivity contribution in [2.45, 2.75) is 43.2 Å². The predicted octanol–water partition coefficient (Wildman–Crippen LogP) is 3.05. The van der Waals surface area contributed by atoms with Gasteiger partial charge in [0, 0.05) is 12.6 Å². The van der Waals surface area contributed by atoms with Crippen LogP contribution in [-0.2, 0) is 11.2 Å². The maximum atomic E-state index is 6.45. The summed E-state index contributed by atoms with van der Waals surface area (Å²) in [7, 11) is 0. The Balaban J connectivity index is 1.56. The summed E-state index contributed by atoms with van der Waals surface area (Å²) in [4.78, 5) is 0. The third-order valence-electron chi connectivity index (χ3n) is 4.02. The first-order valence-corrected chi connectivity index (χ1v) is 7.35. The fourth-order valence-electron chi connectivity index (χ4n) is 3.06. The monoisotopic (exact) mass is 265 g/mol. The van der Waals surface area contributed by atoms with Crippen LogP contribution in [0.3, 0.4) is 0 Å². The van der Waals surface area contributed by atoms with Crippen molar-refractivity contribution in [1.29, 1.82) is 0 Å². The van der Waals surface area contributed by atoms with E-state index in [0.717, 1.165) is 26.0 Å². The number of ether oxygens (including phenoxy) is 1. The van der Waals surface area contributed by atoms with Gasteiger partial charge in [-0.25, -0.2) is 0 Å². The topological polar surface area (TPSA) is 21.3 Å². The van der Waals surface area contributed by atoms with E-state index >= 15 is 0 Å². The van der Waals surface area contributed by atoms with E-state index in [-0.39, 0.29) is 5.38 Å². The lowest BCUT2D eigenvalue weighted by Gasteiger charge is -2.18. The van der Waals surface area contributed by atoms with Crippen molar-refractivity contribution in [2.75, 3.05) is 13.2 Å². The van der Waals surface area contributed by atoms with Crippen LogP contribution in [0, 0.1) is 0 Å². The first kappa shape index (κ1) is 12.5. The number of hydrogen-bond acceptors (Lipinski definition) is 2. The van der Waals surface area contributed by atoms with Gasteiger partial charge in [-0.1, -0.05) is 24.3 Å². The predicted molar refractivity (Wildman–Crippen MR) is 74.1 cm³/mol. The molecule has 3 heteroatoms. The summed E-state index contributed by atoms with van der Waals surface area (Å²) in [5, 5.41) is 3.79. The van der Waals surface area contributed by atoms with Gasteiger partial charge in [-0.15, -0.1) is 11.6 Å². The molecule has 0 saturated carbocycles. The molecule has 1 fully saturated rings. The van der Waals surface area contributed by atoms with E-state index in [2.05, 4.69) is 29.6 Å². The molecule has 3 atom stereocenters. The second-order valence-corrected chi connectivity index (χ2v) is 5.84. The normalized spacial score (nSPS) is 30.6. The number of nitrogens with one attached hydrogen (secondary N) is 1. The Labute approximate surface area is 114 Å². The Morgan fingerprint density at radius 1 is 1.33 bits per heavy atom. The van der Waals surface area contributed by atoms with Crippen LogP contribution >= 0.6 is 11.6 Å². The molecule has 0 bridgehead atoms. The van der Waals surface area contributed by atoms with E-state index < -0.39 is 0 Å². The minimum Gasteiger partial charge on any atom is -0.378 e. The Morgan fingerprint density at radius 2 is 2.22 bits per heavy atom. The van der Waals surface area contributed by atoms with E-state index in [4.69, 9.17) is 16.3 Å². The van der Waals surface area contributed by atoms with Gasteiger partial charge >= 0.3 is 0 Å². The Kier molecular flexibility index (Phi) is 3.88. The molecule has 1 saturated heterocycles. The molecular weight excluding hydrogens is 246 g/mol. The van der Waals surface area contributed by atoms with Crippen molar-refractivity contribution in [2.24, 2.45) is 0 Å². The molecule has 1 aromatic rings. The number of halogens is 1. The van der Waals surface area contributed by atoms with Crippen LogP contribution in [0.5, 0.6) is 0 Å². The first-order valence-electron chi connectivity index (χ1n) is 6.91. The van der Waals surface area contributed by atoms with E-state index in [9.17, 15) is 0 Å². The minimum atomic E-state index is 0.187. The fraction of sp³-hybridized carbons (Fsp3) is 0.600. The largest absolute Gasteiger partial charge is 0.378 e. The van der Waals surface area contributed by atoms with Crippen LogP contribution in [0.1, 0.15) is 36.4 Å². The third kappa shape index (κ3) is 2.56. The van der Waals surface area contributed by atoms with Crippen LogP contribution in [-0.4, -0.2) is 24.6 Å². The van der Waals surface area contributed by atoms with E-state index in [1.54, 1.807) is 0 Å². The average Bonchev–Trinajstić information content (AvgIpc) is 2.98. The van der Waals surface area contributed by atoms with Gasteiger partial charge in [0.15, 0.2) is 0 Å². The highest BCUT2D eigenvalue weighted by atomic mass is 35.5. The van der Waals surface area contributed by atoms with Gasteiger partial charge in [0.05, 0.1) is 11.5 Å². The second-order valence-electron chi connectivity index (χ2n) is 5.27. The molecule has 2 aliphatic rings. The van der Waals surface area contributed by atoms with Gasteiger partial charge in [0.2, 0.25) is 0 Å². The molecule has 0 radical (unpaired) electrons. The highest BCUT2D eigenvalue weighted by molar-refractivity contribution is 6.21. The molecule has 98 valence electrons. The van der Waals surface area contributed by atoms with Gasteiger partial charge in [-0.2, -0.15) is 0 Å². The zero-order valence-corrected chi connectivity index (χ0v) is 11.3. The van der Waals surface area contributed by atoms with Gasteiger partial charge in [-0.05, 0) is 43.4 Å². The highest BCUT2D eigenvalue weighted by Crippen LogP contribution is 2.34. The maximum Gasteiger partial charge on any atom is 0.0588 e. The lowest BCUT2D eigenvalue weighted by Crippen LogP contribution is -2.28. The maximum absolute atomic E-state index is 6.45. The van der Waals surface area contributed by atoms with Crippen LogP contribution in [0.2, 0.25) is 0 Å². The summed E-state index contributed by atoms with van der Waals surface area (Å²) in [5.74, 6) is 0. The van der Waals surface area contributed by atoms with Gasteiger partial charge in [0.25, 0.3) is 0 Å². The molecular formula is C15H20ClNO. The molecule has 1 aromatic carbocycles. The lowest BCUT2D eigenvalue weighted by atomic mass is 10.1. The Morgan fingerprint density at radius 3 is 3.06 bits per heavy atom. The van der Waals surface area contributed by atoms with Crippen molar-refractivity contribution in [3.05, 3.63) is 35.4 Å². The van der Waals surface area contributed by atoms with E-state index in [0.29, 0.717) is 12.1 Å². The second kappa shape index (κ2) is 5.60. The SMILES string of the molecule is ClC1Cc2ccccc2C1NCCC1CCCO1. The average molecular weight is 266 g/mol. The molecule has 0 spiro atoms. The molecule has 2 nitrogen and oxygen atoms in total. The van der Waals surface area contributed by atoms with Crippen LogP contribution in [0.4, 0.5) is 0 Å². The molecule has 1 aliphatic heterocycles. The molecule has 1 N–H and O–H groups in total. The number of rotatable bonds is 4. The molecule has 18 heavy (non-hydrogen) atoms. The number of fused-ring (bicyclic) bond motifs is 1. The zero-order valence-electron chi connectivity index (χ0n) is 10.6. The molecule has 0 aromatic heterocycles. The number of benzene rings is 1. The van der Waals surface area contributed by atoms with Gasteiger partial charge in [-0.3, -0.25) is 0 Å². The van der Waals surface area contributed by atoms with Gasteiger partial charge < -0.3 is 10.1 Å². The summed E-state index contributed by atoms with van der Waals surface area (Å²) in [6.45, 7) is 1.93. The van der Waals surface area contributed by atoms with Crippen molar-refractivity contribution >= 4 is 11.6 Å². The standard InChI is InChI=1S/C15H20ClNO/c16-14-10-11-4-1-2-6-13(11)15(14)17-8-7-12-5-3-9-18-12/h1-2,4,6,12,14-15,17H,3,5,7-10H2. The number of hydrogen-bond donors (Lipinski definition) is 1. The summed E-state index contributed by atoms with van der Waals surface area (Å²) >= 11 is 6.45. The van der Waals surface area contributed by atoms with Crippen molar-refractivity contribution < 1.29 is 4.74 Å². The highest BCUT2D eigenvalue weighted by Gasteiger charge is 2.30. The fourth-order valence-corrected chi connectivity index (χ4v) is 3.45. The molecule has 1 aliphatic carbocycles. The van der Waals surface area contributed by atoms with Crippen LogP contribution in [0.15, 0.2) is 24.3 Å². The van der Waals surface area contributed by atoms with Crippen molar-refractivity contribution in [3.63, 3.8) is 0 Å². The van der Waals surface area contributed by atoms with Crippen LogP contribution in [0.25, 0.3) is 0 Å². The van der Waals surface area contributed by atoms with Gasteiger partial charge in [0.1, 0.15) is 0 Å². The zero-order chi connectivity index (χ0) is 12.4. The van der Waals surface area contributed by atoms with E-state index in [1.807, 2.05) is 0 Å². The first-order chi connectivity index (χ1) is 8.84. The summed E-state index contributed by atoms with van der Waals surface area (Å²) < 4.78 is 5.64. The Bertz CT molecular complexity index is 403. The number of alkyl halides is 1. The van der Waals surface area contributed by atoms with Crippen molar-refractivity contribution in [3.8, 4) is 0 Å². The lowest BCUT2D eigenvalue weighted by molar-refractivity contribution is 0.103. The quantitative estimate of drug-likeness (QED) is 0.845. The van der Waals surface area contributed by atoms with Crippen LogP contribution < -0.4 is 5.32 Å². The molecule has 3 unspecified atom stereocenters. The smallest absolute Gasteiger partial charge is 0.0588 e. The Hall–Kier alpha value is -0.570. The molecule has 0 amide bonds. The van der Waals surface area contributed by atoms with Crippen molar-refractivity contribution in [1.82, 2.24) is 5.32 Å². The van der Waals surface area contributed by atoms with E-state index in [1.165, 1.54) is 24.0 Å².